The number of hydrogen-bond acceptors (Lipinski definition) is 5. The number of aromatic nitrogens is 3. The Morgan fingerprint density at radius 1 is 1.28 bits per heavy atom. The van der Waals surface area contributed by atoms with Gasteiger partial charge in [-0.05, 0) is 18.1 Å². The van der Waals surface area contributed by atoms with E-state index in [2.05, 4.69) is 35.0 Å². The lowest BCUT2D eigenvalue weighted by Gasteiger charge is -2.11. The van der Waals surface area contributed by atoms with Gasteiger partial charge in [-0.15, -0.1) is 0 Å². The normalized spacial score (nSPS) is 11.5. The van der Waals surface area contributed by atoms with Crippen molar-refractivity contribution < 1.29 is 4.74 Å². The molecular formula is C19H27N5O. The number of nitrogens with zero attached hydrogens (tertiary/aromatic N) is 3. The van der Waals surface area contributed by atoms with Gasteiger partial charge in [0.2, 0.25) is 0 Å². The molecule has 0 saturated heterocycles. The summed E-state index contributed by atoms with van der Waals surface area (Å²) < 4.78 is 7.52. The number of unbranched alkanes of at least 4 members (excludes halogenated alkanes) is 1. The van der Waals surface area contributed by atoms with Gasteiger partial charge < -0.3 is 20.4 Å². The molecule has 1 aromatic carbocycles. The molecule has 0 aliphatic carbocycles. The van der Waals surface area contributed by atoms with Gasteiger partial charge in [0, 0.05) is 39.1 Å². The molecule has 0 bridgehead atoms. The van der Waals surface area contributed by atoms with Crippen molar-refractivity contribution >= 4 is 27.8 Å². The predicted octanol–water partition coefficient (Wildman–Crippen LogP) is 3.07. The minimum absolute atomic E-state index is 0.578. The maximum Gasteiger partial charge on any atom is 0.154 e. The third-order valence-electron chi connectivity index (χ3n) is 4.47. The van der Waals surface area contributed by atoms with Crippen LogP contribution in [0.15, 0.2) is 18.2 Å². The summed E-state index contributed by atoms with van der Waals surface area (Å²) >= 11 is 0. The number of nitrogens with one attached hydrogen (secondary N) is 1. The first kappa shape index (κ1) is 17.6. The maximum absolute atomic E-state index is 5.89. The average molecular weight is 341 g/mol. The molecule has 0 fully saturated rings. The number of aryl methyl sites for hydroxylation is 1. The second-order valence-corrected chi connectivity index (χ2v) is 6.26. The number of imidazole rings is 1. The van der Waals surface area contributed by atoms with Crippen LogP contribution in [0.3, 0.4) is 0 Å². The molecule has 134 valence electrons. The predicted molar refractivity (Wildman–Crippen MR) is 103 cm³/mol. The Kier molecular flexibility index (Phi) is 5.50. The Balaban J connectivity index is 2.29. The number of methoxy groups -OCH3 is 1. The van der Waals surface area contributed by atoms with Gasteiger partial charge in [-0.2, -0.15) is 0 Å². The molecular weight excluding hydrogens is 314 g/mol. The van der Waals surface area contributed by atoms with E-state index < -0.39 is 0 Å². The molecule has 6 nitrogen and oxygen atoms in total. The van der Waals surface area contributed by atoms with E-state index in [9.17, 15) is 0 Å². The van der Waals surface area contributed by atoms with Crippen LogP contribution in [0.5, 0.6) is 0 Å². The molecule has 2 heterocycles. The molecule has 0 saturated carbocycles. The zero-order chi connectivity index (χ0) is 17.8. The lowest BCUT2D eigenvalue weighted by molar-refractivity contribution is 0.185. The van der Waals surface area contributed by atoms with Gasteiger partial charge in [0.25, 0.3) is 0 Å². The van der Waals surface area contributed by atoms with Crippen molar-refractivity contribution in [1.29, 1.82) is 0 Å². The van der Waals surface area contributed by atoms with Gasteiger partial charge >= 0.3 is 0 Å². The summed E-state index contributed by atoms with van der Waals surface area (Å²) in [5, 5.41) is 4.31. The van der Waals surface area contributed by atoms with Crippen molar-refractivity contribution in [1.82, 2.24) is 14.5 Å². The zero-order valence-electron chi connectivity index (χ0n) is 15.3. The number of pyridine rings is 1. The molecule has 0 atom stereocenters. The highest BCUT2D eigenvalue weighted by Gasteiger charge is 2.17. The molecule has 0 aliphatic heterocycles. The van der Waals surface area contributed by atoms with Crippen LogP contribution in [0, 0.1) is 0 Å². The largest absolute Gasteiger partial charge is 0.380 e. The fourth-order valence-corrected chi connectivity index (χ4v) is 3.31. The summed E-state index contributed by atoms with van der Waals surface area (Å²) in [5.74, 6) is 1.90. The molecule has 0 radical (unpaired) electrons. The number of fused-ring (bicyclic) bond motifs is 3. The Morgan fingerprint density at radius 3 is 2.80 bits per heavy atom. The summed E-state index contributed by atoms with van der Waals surface area (Å²) in [6.07, 6.45) is 3.22. The Morgan fingerprint density at radius 2 is 2.12 bits per heavy atom. The molecule has 6 heteroatoms. The van der Waals surface area contributed by atoms with Crippen molar-refractivity contribution in [3.05, 3.63) is 29.6 Å². The molecule has 3 rings (SSSR count). The Labute approximate surface area is 148 Å². The Hall–Kier alpha value is -2.18. The van der Waals surface area contributed by atoms with Crippen molar-refractivity contribution in [3.8, 4) is 0 Å². The third kappa shape index (κ3) is 3.32. The van der Waals surface area contributed by atoms with E-state index in [0.717, 1.165) is 64.9 Å². The van der Waals surface area contributed by atoms with Gasteiger partial charge in [0.1, 0.15) is 11.3 Å². The van der Waals surface area contributed by atoms with Gasteiger partial charge in [-0.3, -0.25) is 0 Å². The maximum atomic E-state index is 5.89. The second-order valence-electron chi connectivity index (χ2n) is 6.26. The van der Waals surface area contributed by atoms with Crippen molar-refractivity contribution in [2.24, 2.45) is 5.73 Å². The van der Waals surface area contributed by atoms with Crippen LogP contribution in [0.25, 0.3) is 21.9 Å². The third-order valence-corrected chi connectivity index (χ3v) is 4.47. The summed E-state index contributed by atoms with van der Waals surface area (Å²) in [6, 6.07) is 6.30. The summed E-state index contributed by atoms with van der Waals surface area (Å²) in [6.45, 7) is 4.13. The zero-order valence-corrected chi connectivity index (χ0v) is 15.3. The number of benzene rings is 1. The van der Waals surface area contributed by atoms with E-state index in [4.69, 9.17) is 20.4 Å². The molecule has 0 aliphatic rings. The first-order chi connectivity index (χ1) is 12.2. The lowest BCUT2D eigenvalue weighted by atomic mass is 10.1. The second kappa shape index (κ2) is 7.80. The van der Waals surface area contributed by atoms with Crippen LogP contribution in [0.4, 0.5) is 5.82 Å². The van der Waals surface area contributed by atoms with Crippen LogP contribution in [-0.4, -0.2) is 35.2 Å². The smallest absolute Gasteiger partial charge is 0.154 e. The lowest BCUT2D eigenvalue weighted by Crippen LogP contribution is -2.13. The summed E-state index contributed by atoms with van der Waals surface area (Å²) in [4.78, 5) is 9.69. The molecule has 0 amide bonds. The minimum Gasteiger partial charge on any atom is -0.380 e. The van der Waals surface area contributed by atoms with Crippen LogP contribution in [-0.2, 0) is 24.3 Å². The van der Waals surface area contributed by atoms with Gasteiger partial charge in [-0.25, -0.2) is 9.97 Å². The fourth-order valence-electron chi connectivity index (χ4n) is 3.31. The highest BCUT2D eigenvalue weighted by Crippen LogP contribution is 2.31. The number of hydrogen-bond donors (Lipinski definition) is 2. The van der Waals surface area contributed by atoms with Gasteiger partial charge in [0.05, 0.1) is 17.6 Å². The van der Waals surface area contributed by atoms with E-state index in [1.807, 2.05) is 7.05 Å². The van der Waals surface area contributed by atoms with Crippen LogP contribution in [0.1, 0.15) is 31.2 Å². The molecule has 2 aromatic heterocycles. The number of rotatable bonds is 8. The number of anilines is 1. The minimum atomic E-state index is 0.578. The first-order valence-corrected chi connectivity index (χ1v) is 8.92. The van der Waals surface area contributed by atoms with Crippen LogP contribution in [0.2, 0.25) is 0 Å². The van der Waals surface area contributed by atoms with E-state index in [-0.39, 0.29) is 0 Å². The summed E-state index contributed by atoms with van der Waals surface area (Å²) in [5.41, 5.74) is 10.00. The molecule has 25 heavy (non-hydrogen) atoms. The van der Waals surface area contributed by atoms with Crippen LogP contribution >= 0.6 is 0 Å². The average Bonchev–Trinajstić information content (AvgIpc) is 2.98. The SMILES string of the molecule is CCCCc1nc2c(NC)nc3cc(COC)ccc3c2n1CCN. The topological polar surface area (TPSA) is 78.0 Å². The molecule has 3 aromatic rings. The quantitative estimate of drug-likeness (QED) is 0.658. The van der Waals surface area contributed by atoms with Crippen molar-refractivity contribution in [2.45, 2.75) is 39.3 Å². The number of nitrogens with two attached hydrogens (primary N) is 1. The highest BCUT2D eigenvalue weighted by atomic mass is 16.5. The standard InChI is InChI=1S/C19H27N5O/c1-4-5-6-16-23-17-18(24(16)10-9-20)14-8-7-13(12-25-3)11-15(14)22-19(17)21-2/h7-8,11H,4-6,9-10,12,20H2,1-3H3,(H,21,22). The van der Waals surface area contributed by atoms with Gasteiger partial charge in [0.15, 0.2) is 5.82 Å². The van der Waals surface area contributed by atoms with Crippen molar-refractivity contribution in [3.63, 3.8) is 0 Å². The van der Waals surface area contributed by atoms with E-state index >= 15 is 0 Å². The molecule has 0 spiro atoms. The molecule has 0 unspecified atom stereocenters. The number of ether oxygens (including phenoxy) is 1. The highest BCUT2D eigenvalue weighted by molar-refractivity contribution is 6.07. The van der Waals surface area contributed by atoms with Crippen molar-refractivity contribution in [2.75, 3.05) is 26.0 Å². The first-order valence-electron chi connectivity index (χ1n) is 8.92. The van der Waals surface area contributed by atoms with E-state index in [1.165, 1.54) is 0 Å². The van der Waals surface area contributed by atoms with E-state index in [0.29, 0.717) is 13.2 Å². The Bertz CT molecular complexity index is 871. The van der Waals surface area contributed by atoms with E-state index in [1.54, 1.807) is 7.11 Å². The summed E-state index contributed by atoms with van der Waals surface area (Å²) in [7, 11) is 3.59. The van der Waals surface area contributed by atoms with Crippen LogP contribution < -0.4 is 11.1 Å². The fraction of sp³-hybridized carbons (Fsp3) is 0.474. The monoisotopic (exact) mass is 341 g/mol. The molecule has 3 N–H and O–H groups in total. The van der Waals surface area contributed by atoms with Gasteiger partial charge in [-0.1, -0.05) is 25.5 Å².